The molecule has 2 N–H and O–H groups in total. The lowest BCUT2D eigenvalue weighted by Gasteiger charge is -2.22. The van der Waals surface area contributed by atoms with Crippen LogP contribution in [-0.4, -0.2) is 71.5 Å². The summed E-state index contributed by atoms with van der Waals surface area (Å²) in [4.78, 5) is 30.4. The van der Waals surface area contributed by atoms with Gasteiger partial charge < -0.3 is 14.8 Å². The molecule has 0 spiro atoms. The van der Waals surface area contributed by atoms with Crippen molar-refractivity contribution >= 4 is 27.7 Å². The highest BCUT2D eigenvalue weighted by Gasteiger charge is 2.27. The molecule has 1 fully saturated rings. The van der Waals surface area contributed by atoms with Crippen LogP contribution in [0.3, 0.4) is 0 Å². The van der Waals surface area contributed by atoms with Gasteiger partial charge in [0.15, 0.2) is 5.82 Å². The molecule has 0 atom stereocenters. The molecule has 27 heavy (non-hydrogen) atoms. The van der Waals surface area contributed by atoms with Crippen molar-refractivity contribution in [3.63, 3.8) is 0 Å². The molecule has 0 aliphatic carbocycles. The van der Waals surface area contributed by atoms with Gasteiger partial charge in [0.25, 0.3) is 21.8 Å². The molecular formula is C16H20N6O4S. The number of sulfonamides is 1. The first-order chi connectivity index (χ1) is 12.8. The van der Waals surface area contributed by atoms with E-state index in [4.69, 9.17) is 0 Å². The normalized spacial score (nSPS) is 17.3. The summed E-state index contributed by atoms with van der Waals surface area (Å²) >= 11 is 0. The maximum absolute atomic E-state index is 12.6. The van der Waals surface area contributed by atoms with Gasteiger partial charge in [-0.2, -0.15) is 5.10 Å². The van der Waals surface area contributed by atoms with E-state index in [-0.39, 0.29) is 28.2 Å². The summed E-state index contributed by atoms with van der Waals surface area (Å²) in [5, 5.41) is 4.14. The van der Waals surface area contributed by atoms with Gasteiger partial charge in [-0.25, -0.2) is 8.42 Å². The summed E-state index contributed by atoms with van der Waals surface area (Å²) < 4.78 is 29.1. The van der Waals surface area contributed by atoms with Crippen molar-refractivity contribution in [1.82, 2.24) is 24.6 Å². The van der Waals surface area contributed by atoms with Crippen LogP contribution in [0, 0.1) is 0 Å². The molecule has 1 saturated heterocycles. The quantitative estimate of drug-likeness (QED) is 0.777. The first-order valence-corrected chi connectivity index (χ1v) is 10.2. The topological polar surface area (TPSA) is 120 Å². The predicted octanol–water partition coefficient (Wildman–Crippen LogP) is 0.334. The zero-order valence-electron chi connectivity index (χ0n) is 14.8. The molecule has 0 aromatic carbocycles. The lowest BCUT2D eigenvalue weighted by atomic mass is 10.3. The van der Waals surface area contributed by atoms with Gasteiger partial charge in [-0.1, -0.05) is 0 Å². The van der Waals surface area contributed by atoms with Crippen LogP contribution in [0.5, 0.6) is 0 Å². The number of likely N-dealkylation sites (tertiary alicyclic amines) is 1. The number of likely N-dealkylation sites (N-methyl/N-ethyl adjacent to an activating group) is 1. The van der Waals surface area contributed by atoms with E-state index in [0.717, 1.165) is 12.8 Å². The van der Waals surface area contributed by atoms with E-state index in [0.29, 0.717) is 31.9 Å². The molecule has 144 valence electrons. The average molecular weight is 392 g/mol. The minimum Gasteiger partial charge on any atom is -0.356 e. The Morgan fingerprint density at radius 1 is 1.19 bits per heavy atom. The second kappa shape index (κ2) is 6.41. The van der Waals surface area contributed by atoms with Crippen LogP contribution in [0.15, 0.2) is 23.2 Å². The van der Waals surface area contributed by atoms with Crippen molar-refractivity contribution in [2.45, 2.75) is 24.3 Å². The molecule has 4 rings (SSSR count). The number of anilines is 1. The monoisotopic (exact) mass is 392 g/mol. The lowest BCUT2D eigenvalue weighted by molar-refractivity contribution is 0.0741. The van der Waals surface area contributed by atoms with E-state index in [9.17, 15) is 18.0 Å². The van der Waals surface area contributed by atoms with Crippen molar-refractivity contribution in [3.05, 3.63) is 29.7 Å². The van der Waals surface area contributed by atoms with Gasteiger partial charge in [-0.05, 0) is 18.9 Å². The molecule has 2 aliphatic rings. The molecule has 11 heteroatoms. The Morgan fingerprint density at radius 2 is 1.93 bits per heavy atom. The molecule has 2 aromatic heterocycles. The Balaban J connectivity index is 1.54. The number of amides is 2. The predicted molar refractivity (Wildman–Crippen MR) is 95.9 cm³/mol. The molecule has 0 bridgehead atoms. The number of fused-ring (bicyclic) bond motifs is 1. The Labute approximate surface area is 156 Å². The van der Waals surface area contributed by atoms with Gasteiger partial charge >= 0.3 is 0 Å². The smallest absolute Gasteiger partial charge is 0.272 e. The minimum absolute atomic E-state index is 0.0561. The standard InChI is InChI=1S/C16H20N6O4S/c1-20-6-7-22-13(16(20)24)9-14(18-22)19-27(25,26)11-8-12(17-10-11)15(23)21-4-2-3-5-21/h8-10,17H,2-7H2,1H3,(H,18,19). The largest absolute Gasteiger partial charge is 0.356 e. The number of carbonyl (C=O) groups excluding carboxylic acids is 2. The zero-order chi connectivity index (χ0) is 19.2. The third-order valence-corrected chi connectivity index (χ3v) is 6.16. The Morgan fingerprint density at radius 3 is 2.67 bits per heavy atom. The summed E-state index contributed by atoms with van der Waals surface area (Å²) in [5.74, 6) is -0.346. The molecular weight excluding hydrogens is 372 g/mol. The average Bonchev–Trinajstić information content (AvgIpc) is 3.37. The van der Waals surface area contributed by atoms with Crippen LogP contribution in [-0.2, 0) is 16.6 Å². The highest BCUT2D eigenvalue weighted by Crippen LogP contribution is 2.21. The van der Waals surface area contributed by atoms with Gasteiger partial charge in [0.1, 0.15) is 16.3 Å². The third-order valence-electron chi connectivity index (χ3n) is 4.82. The maximum atomic E-state index is 12.6. The van der Waals surface area contributed by atoms with Gasteiger partial charge in [-0.3, -0.25) is 19.0 Å². The minimum atomic E-state index is -3.93. The van der Waals surface area contributed by atoms with E-state index in [2.05, 4.69) is 14.8 Å². The molecule has 0 saturated carbocycles. The van der Waals surface area contributed by atoms with Crippen LogP contribution < -0.4 is 4.72 Å². The first kappa shape index (κ1) is 17.6. The number of nitrogens with one attached hydrogen (secondary N) is 2. The van der Waals surface area contributed by atoms with Crippen LogP contribution in [0.4, 0.5) is 5.82 Å². The summed E-state index contributed by atoms with van der Waals surface area (Å²) in [6, 6.07) is 2.73. The fourth-order valence-electron chi connectivity index (χ4n) is 3.29. The van der Waals surface area contributed by atoms with E-state index in [1.807, 2.05) is 0 Å². The number of hydrogen-bond donors (Lipinski definition) is 2. The van der Waals surface area contributed by atoms with E-state index in [1.165, 1.54) is 23.0 Å². The molecule has 0 unspecified atom stereocenters. The van der Waals surface area contributed by atoms with E-state index in [1.54, 1.807) is 16.8 Å². The summed E-state index contributed by atoms with van der Waals surface area (Å²) in [6.45, 7) is 2.37. The molecule has 0 radical (unpaired) electrons. The lowest BCUT2D eigenvalue weighted by Crippen LogP contribution is -2.37. The van der Waals surface area contributed by atoms with Crippen LogP contribution in [0.25, 0.3) is 0 Å². The highest BCUT2D eigenvalue weighted by molar-refractivity contribution is 7.92. The second-order valence-corrected chi connectivity index (χ2v) is 8.40. The van der Waals surface area contributed by atoms with Gasteiger partial charge in [0, 0.05) is 38.9 Å². The van der Waals surface area contributed by atoms with Crippen LogP contribution >= 0.6 is 0 Å². The van der Waals surface area contributed by atoms with Crippen molar-refractivity contribution in [3.8, 4) is 0 Å². The highest BCUT2D eigenvalue weighted by atomic mass is 32.2. The third kappa shape index (κ3) is 3.18. The second-order valence-electron chi connectivity index (χ2n) is 6.72. The first-order valence-electron chi connectivity index (χ1n) is 8.69. The Hall–Kier alpha value is -2.82. The Bertz CT molecular complexity index is 1000. The fourth-order valence-corrected chi connectivity index (χ4v) is 4.27. The number of rotatable bonds is 4. The number of aromatic amines is 1. The van der Waals surface area contributed by atoms with E-state index < -0.39 is 10.0 Å². The van der Waals surface area contributed by atoms with Crippen molar-refractivity contribution < 1.29 is 18.0 Å². The van der Waals surface area contributed by atoms with Crippen LogP contribution in [0.1, 0.15) is 33.8 Å². The summed E-state index contributed by atoms with van der Waals surface area (Å²) in [5.41, 5.74) is 0.568. The van der Waals surface area contributed by atoms with Gasteiger partial charge in [0.2, 0.25) is 0 Å². The number of aromatic nitrogens is 3. The number of hydrogen-bond acceptors (Lipinski definition) is 5. The van der Waals surface area contributed by atoms with Crippen molar-refractivity contribution in [2.75, 3.05) is 31.4 Å². The zero-order valence-corrected chi connectivity index (χ0v) is 15.6. The summed E-state index contributed by atoms with van der Waals surface area (Å²) in [6.07, 6.45) is 3.19. The van der Waals surface area contributed by atoms with E-state index >= 15 is 0 Å². The number of carbonyl (C=O) groups is 2. The molecule has 2 amide bonds. The van der Waals surface area contributed by atoms with Gasteiger partial charge in [-0.15, -0.1) is 0 Å². The molecule has 4 heterocycles. The fraction of sp³-hybridized carbons (Fsp3) is 0.438. The molecule has 10 nitrogen and oxygen atoms in total. The van der Waals surface area contributed by atoms with Crippen molar-refractivity contribution in [1.29, 1.82) is 0 Å². The van der Waals surface area contributed by atoms with Gasteiger partial charge in [0.05, 0.1) is 6.54 Å². The summed E-state index contributed by atoms with van der Waals surface area (Å²) in [7, 11) is -2.25. The molecule has 2 aliphatic heterocycles. The van der Waals surface area contributed by atoms with Crippen LogP contribution in [0.2, 0.25) is 0 Å². The number of H-pyrrole nitrogens is 1. The molecule has 2 aromatic rings. The Kier molecular flexibility index (Phi) is 4.17. The number of nitrogens with zero attached hydrogens (tertiary/aromatic N) is 4. The SMILES string of the molecule is CN1CCn2nc(NS(=O)(=O)c3c[nH]c(C(=O)N4CCCC4)c3)cc2C1=O. The van der Waals surface area contributed by atoms with Crippen molar-refractivity contribution in [2.24, 2.45) is 0 Å². The maximum Gasteiger partial charge on any atom is 0.272 e.